The van der Waals surface area contributed by atoms with Crippen LogP contribution in [0.25, 0.3) is 0 Å². The molecule has 1 aliphatic heterocycles. The number of carbonyl (C=O) groups excluding carboxylic acids is 1. The van der Waals surface area contributed by atoms with Gasteiger partial charge in [-0.05, 0) is 49.2 Å². The van der Waals surface area contributed by atoms with Gasteiger partial charge in [0.1, 0.15) is 5.82 Å². The first kappa shape index (κ1) is 16.4. The van der Waals surface area contributed by atoms with Gasteiger partial charge < -0.3 is 10.2 Å². The summed E-state index contributed by atoms with van der Waals surface area (Å²) >= 11 is 0. The Balaban J connectivity index is 1.68. The molecule has 0 saturated carbocycles. The van der Waals surface area contributed by atoms with Crippen molar-refractivity contribution in [2.24, 2.45) is 0 Å². The van der Waals surface area contributed by atoms with Gasteiger partial charge in [0.25, 0.3) is 5.91 Å². The molecule has 0 bridgehead atoms. The molecule has 0 aliphatic carbocycles. The maximum atomic E-state index is 12.2. The number of carbonyl (C=O) groups is 1. The van der Waals surface area contributed by atoms with Crippen molar-refractivity contribution in [1.29, 1.82) is 0 Å². The van der Waals surface area contributed by atoms with Crippen molar-refractivity contribution in [3.8, 4) is 0 Å². The number of hydrogen-bond donors (Lipinski definition) is 1. The van der Waals surface area contributed by atoms with Crippen LogP contribution in [0.1, 0.15) is 23.2 Å². The van der Waals surface area contributed by atoms with Crippen molar-refractivity contribution in [3.63, 3.8) is 0 Å². The number of pyridine rings is 1. The van der Waals surface area contributed by atoms with Crippen LogP contribution in [0.2, 0.25) is 0 Å². The molecule has 6 nitrogen and oxygen atoms in total. The minimum atomic E-state index is -3.27. The van der Waals surface area contributed by atoms with Crippen molar-refractivity contribution in [2.45, 2.75) is 17.7 Å². The largest absolute Gasteiger partial charge is 0.370 e. The van der Waals surface area contributed by atoms with Crippen LogP contribution in [0, 0.1) is 0 Å². The van der Waals surface area contributed by atoms with Gasteiger partial charge in [0.15, 0.2) is 9.84 Å². The molecule has 0 radical (unpaired) electrons. The zero-order valence-electron chi connectivity index (χ0n) is 13.4. The second-order valence-corrected chi connectivity index (χ2v) is 7.86. The Bertz CT molecular complexity index is 824. The highest BCUT2D eigenvalue weighted by atomic mass is 32.2. The topological polar surface area (TPSA) is 79.4 Å². The molecule has 126 valence electrons. The number of benzene rings is 1. The van der Waals surface area contributed by atoms with E-state index in [1.807, 2.05) is 6.07 Å². The minimum Gasteiger partial charge on any atom is -0.370 e. The molecule has 2 heterocycles. The highest BCUT2D eigenvalue weighted by Crippen LogP contribution is 2.20. The molecule has 0 spiro atoms. The zero-order chi connectivity index (χ0) is 17.2. The van der Waals surface area contributed by atoms with Crippen molar-refractivity contribution in [3.05, 3.63) is 48.2 Å². The van der Waals surface area contributed by atoms with Crippen molar-refractivity contribution >= 4 is 27.2 Å². The fourth-order valence-electron chi connectivity index (χ4n) is 2.66. The summed E-state index contributed by atoms with van der Waals surface area (Å²) in [6, 6.07) is 9.55. The van der Waals surface area contributed by atoms with E-state index < -0.39 is 9.84 Å². The average molecular weight is 345 g/mol. The van der Waals surface area contributed by atoms with Crippen molar-refractivity contribution < 1.29 is 13.2 Å². The quantitative estimate of drug-likeness (QED) is 0.920. The number of sulfone groups is 1. The van der Waals surface area contributed by atoms with Crippen molar-refractivity contribution in [2.75, 3.05) is 29.6 Å². The molecule has 0 atom stereocenters. The van der Waals surface area contributed by atoms with Gasteiger partial charge in [-0.3, -0.25) is 4.79 Å². The SMILES string of the molecule is CS(=O)(=O)c1ccc(C(=O)Nc2ccc(N3CCCC3)cn2)cc1. The summed E-state index contributed by atoms with van der Waals surface area (Å²) in [5.41, 5.74) is 1.44. The Morgan fingerprint density at radius 3 is 2.29 bits per heavy atom. The summed E-state index contributed by atoms with van der Waals surface area (Å²) in [7, 11) is -3.27. The van der Waals surface area contributed by atoms with Crippen LogP contribution in [-0.4, -0.2) is 38.7 Å². The van der Waals surface area contributed by atoms with Gasteiger partial charge in [0.2, 0.25) is 0 Å². The Morgan fingerprint density at radius 2 is 1.75 bits per heavy atom. The normalized spacial score (nSPS) is 14.6. The monoisotopic (exact) mass is 345 g/mol. The first-order valence-electron chi connectivity index (χ1n) is 7.76. The fourth-order valence-corrected chi connectivity index (χ4v) is 3.29. The number of anilines is 2. The maximum Gasteiger partial charge on any atom is 0.256 e. The minimum absolute atomic E-state index is 0.187. The molecule has 1 N–H and O–H groups in total. The van der Waals surface area contributed by atoms with Gasteiger partial charge in [0, 0.05) is 24.9 Å². The lowest BCUT2D eigenvalue weighted by atomic mass is 10.2. The average Bonchev–Trinajstić information content (AvgIpc) is 3.09. The second kappa shape index (κ2) is 6.60. The number of nitrogens with one attached hydrogen (secondary N) is 1. The summed E-state index contributed by atoms with van der Waals surface area (Å²) in [5, 5.41) is 2.72. The van der Waals surface area contributed by atoms with Crippen LogP contribution < -0.4 is 10.2 Å². The van der Waals surface area contributed by atoms with Gasteiger partial charge in [-0.25, -0.2) is 13.4 Å². The molecule has 1 fully saturated rings. The predicted octanol–water partition coefficient (Wildman–Crippen LogP) is 2.34. The summed E-state index contributed by atoms with van der Waals surface area (Å²) < 4.78 is 22.9. The summed E-state index contributed by atoms with van der Waals surface area (Å²) in [6.45, 7) is 2.08. The predicted molar refractivity (Wildman–Crippen MR) is 93.2 cm³/mol. The highest BCUT2D eigenvalue weighted by molar-refractivity contribution is 7.90. The number of rotatable bonds is 4. The fraction of sp³-hybridized carbons (Fsp3) is 0.294. The lowest BCUT2D eigenvalue weighted by molar-refractivity contribution is 0.102. The van der Waals surface area contributed by atoms with Crippen molar-refractivity contribution in [1.82, 2.24) is 4.98 Å². The van der Waals surface area contributed by atoms with Gasteiger partial charge in [-0.2, -0.15) is 0 Å². The highest BCUT2D eigenvalue weighted by Gasteiger charge is 2.13. The molecule has 1 amide bonds. The molecule has 24 heavy (non-hydrogen) atoms. The second-order valence-electron chi connectivity index (χ2n) is 5.85. The third kappa shape index (κ3) is 3.73. The van der Waals surface area contributed by atoms with Gasteiger partial charge in [-0.15, -0.1) is 0 Å². The zero-order valence-corrected chi connectivity index (χ0v) is 14.2. The molecule has 1 aromatic carbocycles. The molecule has 1 aromatic heterocycles. The lowest BCUT2D eigenvalue weighted by Crippen LogP contribution is -2.18. The van der Waals surface area contributed by atoms with E-state index in [2.05, 4.69) is 15.2 Å². The molecule has 2 aromatic rings. The van der Waals surface area contributed by atoms with Gasteiger partial charge in [-0.1, -0.05) is 0 Å². The van der Waals surface area contributed by atoms with Gasteiger partial charge >= 0.3 is 0 Å². The van der Waals surface area contributed by atoms with Crippen LogP contribution in [-0.2, 0) is 9.84 Å². The van der Waals surface area contributed by atoms with E-state index in [1.54, 1.807) is 12.3 Å². The molecule has 1 saturated heterocycles. The first-order chi connectivity index (χ1) is 11.4. The molecule has 3 rings (SSSR count). The lowest BCUT2D eigenvalue weighted by Gasteiger charge is -2.17. The van der Waals surface area contributed by atoms with Crippen LogP contribution in [0.3, 0.4) is 0 Å². The molecular formula is C17H19N3O3S. The molecule has 7 heteroatoms. The summed E-state index contributed by atoms with van der Waals surface area (Å²) in [6.07, 6.45) is 5.28. The first-order valence-corrected chi connectivity index (χ1v) is 9.65. The third-order valence-electron chi connectivity index (χ3n) is 4.01. The standard InChI is InChI=1S/C17H19N3O3S/c1-24(22,23)15-7-4-13(5-8-15)17(21)19-16-9-6-14(12-18-16)20-10-2-3-11-20/h4-9,12H,2-3,10-11H2,1H3,(H,18,19,21). The number of aromatic nitrogens is 1. The number of amides is 1. The summed E-state index contributed by atoms with van der Waals surface area (Å²) in [4.78, 5) is 18.9. The molecule has 1 aliphatic rings. The number of hydrogen-bond acceptors (Lipinski definition) is 5. The number of nitrogens with zero attached hydrogens (tertiary/aromatic N) is 2. The van der Waals surface area contributed by atoms with Crippen LogP contribution in [0.5, 0.6) is 0 Å². The van der Waals surface area contributed by atoms with Crippen LogP contribution in [0.15, 0.2) is 47.5 Å². The van der Waals surface area contributed by atoms with E-state index in [-0.39, 0.29) is 10.8 Å². The Morgan fingerprint density at radius 1 is 1.08 bits per heavy atom. The Kier molecular flexibility index (Phi) is 4.53. The van der Waals surface area contributed by atoms with Crippen LogP contribution in [0.4, 0.5) is 11.5 Å². The van der Waals surface area contributed by atoms with E-state index in [4.69, 9.17) is 0 Å². The molecular weight excluding hydrogens is 326 g/mol. The molecule has 0 unspecified atom stereocenters. The third-order valence-corrected chi connectivity index (χ3v) is 5.13. The summed E-state index contributed by atoms with van der Waals surface area (Å²) in [5.74, 6) is 0.145. The van der Waals surface area contributed by atoms with E-state index in [0.29, 0.717) is 11.4 Å². The van der Waals surface area contributed by atoms with E-state index in [0.717, 1.165) is 25.0 Å². The van der Waals surface area contributed by atoms with E-state index in [1.165, 1.54) is 37.1 Å². The maximum absolute atomic E-state index is 12.2. The van der Waals surface area contributed by atoms with Gasteiger partial charge in [0.05, 0.1) is 16.8 Å². The Hall–Kier alpha value is -2.41. The van der Waals surface area contributed by atoms with Crippen LogP contribution >= 0.6 is 0 Å². The Labute approximate surface area is 141 Å². The van der Waals surface area contributed by atoms with E-state index in [9.17, 15) is 13.2 Å². The smallest absolute Gasteiger partial charge is 0.256 e. The van der Waals surface area contributed by atoms with E-state index >= 15 is 0 Å².